The quantitative estimate of drug-likeness (QED) is 0.454. The second kappa shape index (κ2) is 5.85. The highest BCUT2D eigenvalue weighted by Crippen LogP contribution is 2.23. The van der Waals surface area contributed by atoms with Gasteiger partial charge in [0, 0.05) is 28.8 Å². The molecule has 0 bridgehead atoms. The molecule has 0 aliphatic carbocycles. The van der Waals surface area contributed by atoms with Crippen LogP contribution in [-0.4, -0.2) is 28.8 Å². The Morgan fingerprint density at radius 2 is 2.26 bits per heavy atom. The van der Waals surface area contributed by atoms with E-state index in [4.69, 9.17) is 0 Å². The number of nitro benzene ring substituents is 1. The number of piperidine rings is 1. The predicted octanol–water partition coefficient (Wildman–Crippen LogP) is 3.07. The Morgan fingerprint density at radius 1 is 1.53 bits per heavy atom. The number of carbonyl (C=O) groups is 1. The van der Waals surface area contributed by atoms with Crippen LogP contribution in [0, 0.1) is 19.6 Å². The normalized spacial score (nSPS) is 19.3. The number of carbonyl (C=O) groups excluding carboxylic acids is 1. The third-order valence-electron chi connectivity index (χ3n) is 3.34. The molecule has 1 aromatic rings. The van der Waals surface area contributed by atoms with Gasteiger partial charge in [-0.05, 0) is 47.4 Å². The first-order valence-electron chi connectivity index (χ1n) is 6.22. The van der Waals surface area contributed by atoms with E-state index in [0.29, 0.717) is 11.5 Å². The fourth-order valence-electron chi connectivity index (χ4n) is 2.33. The van der Waals surface area contributed by atoms with E-state index in [0.717, 1.165) is 29.5 Å². The Hall–Kier alpha value is -1.18. The van der Waals surface area contributed by atoms with Crippen LogP contribution in [0.1, 0.15) is 30.1 Å². The highest BCUT2D eigenvalue weighted by Gasteiger charge is 2.24. The Kier molecular flexibility index (Phi) is 4.38. The molecule has 1 unspecified atom stereocenters. The zero-order chi connectivity index (χ0) is 14.0. The van der Waals surface area contributed by atoms with Crippen molar-refractivity contribution in [1.29, 1.82) is 0 Å². The Balaban J connectivity index is 2.27. The van der Waals surface area contributed by atoms with E-state index < -0.39 is 4.92 Å². The zero-order valence-corrected chi connectivity index (χ0v) is 12.8. The summed E-state index contributed by atoms with van der Waals surface area (Å²) in [7, 11) is 0. The molecular weight excluding hydrogens is 359 g/mol. The van der Waals surface area contributed by atoms with Crippen molar-refractivity contribution in [3.63, 3.8) is 0 Å². The number of non-ortho nitro benzene ring substituents is 1. The van der Waals surface area contributed by atoms with Crippen molar-refractivity contribution in [2.75, 3.05) is 13.1 Å². The summed E-state index contributed by atoms with van der Waals surface area (Å²) < 4.78 is 0.756. The summed E-state index contributed by atoms with van der Waals surface area (Å²) in [5.74, 6) is 0.397. The van der Waals surface area contributed by atoms with Gasteiger partial charge >= 0.3 is 0 Å². The van der Waals surface area contributed by atoms with E-state index in [1.807, 2.05) is 22.6 Å². The molecule has 0 spiro atoms. The van der Waals surface area contributed by atoms with Gasteiger partial charge in [0.15, 0.2) is 0 Å². The van der Waals surface area contributed by atoms with Gasteiger partial charge in [0.1, 0.15) is 0 Å². The Bertz CT molecular complexity index is 519. The molecule has 1 aliphatic heterocycles. The average molecular weight is 374 g/mol. The van der Waals surface area contributed by atoms with E-state index in [1.165, 1.54) is 12.1 Å². The minimum Gasteiger partial charge on any atom is -0.338 e. The summed E-state index contributed by atoms with van der Waals surface area (Å²) >= 11 is 2.05. The molecular formula is C13H15IN2O3. The van der Waals surface area contributed by atoms with Crippen molar-refractivity contribution in [3.05, 3.63) is 37.4 Å². The van der Waals surface area contributed by atoms with Crippen LogP contribution in [0.5, 0.6) is 0 Å². The number of likely N-dealkylation sites (tertiary alicyclic amines) is 1. The molecule has 6 heteroatoms. The highest BCUT2D eigenvalue weighted by molar-refractivity contribution is 14.1. The molecule has 102 valence electrons. The molecule has 5 nitrogen and oxygen atoms in total. The molecule has 19 heavy (non-hydrogen) atoms. The lowest BCUT2D eigenvalue weighted by molar-refractivity contribution is -0.384. The first-order chi connectivity index (χ1) is 8.99. The first-order valence-corrected chi connectivity index (χ1v) is 7.30. The van der Waals surface area contributed by atoms with Gasteiger partial charge in [-0.3, -0.25) is 14.9 Å². The number of hydrogen-bond acceptors (Lipinski definition) is 3. The summed E-state index contributed by atoms with van der Waals surface area (Å²) in [6.07, 6.45) is 2.13. The molecule has 2 rings (SSSR count). The monoisotopic (exact) mass is 374 g/mol. The third-order valence-corrected chi connectivity index (χ3v) is 4.28. The molecule has 1 atom stereocenters. The molecule has 0 saturated carbocycles. The van der Waals surface area contributed by atoms with Crippen LogP contribution >= 0.6 is 22.6 Å². The number of halogens is 1. The maximum atomic E-state index is 12.4. The molecule has 1 amide bonds. The summed E-state index contributed by atoms with van der Waals surface area (Å²) in [6.45, 7) is 3.59. The molecule has 0 N–H and O–H groups in total. The maximum Gasteiger partial charge on any atom is 0.270 e. The SMILES string of the molecule is CC1CCCN(C(=O)c2cc([N+](=O)[O-])ccc2I)C1. The van der Waals surface area contributed by atoms with Gasteiger partial charge in [-0.2, -0.15) is 0 Å². The van der Waals surface area contributed by atoms with Crippen LogP contribution in [0.15, 0.2) is 18.2 Å². The molecule has 0 aromatic heterocycles. The van der Waals surface area contributed by atoms with Gasteiger partial charge in [0.05, 0.1) is 10.5 Å². The maximum absolute atomic E-state index is 12.4. The van der Waals surface area contributed by atoms with E-state index in [1.54, 1.807) is 11.0 Å². The van der Waals surface area contributed by atoms with Gasteiger partial charge in [0.2, 0.25) is 0 Å². The highest BCUT2D eigenvalue weighted by atomic mass is 127. The van der Waals surface area contributed by atoms with Crippen molar-refractivity contribution >= 4 is 34.2 Å². The summed E-state index contributed by atoms with van der Waals surface area (Å²) in [4.78, 5) is 24.6. The van der Waals surface area contributed by atoms with Crippen molar-refractivity contribution in [3.8, 4) is 0 Å². The smallest absolute Gasteiger partial charge is 0.270 e. The molecule has 1 fully saturated rings. The van der Waals surface area contributed by atoms with Crippen LogP contribution in [0.3, 0.4) is 0 Å². The Labute approximate surface area is 125 Å². The topological polar surface area (TPSA) is 63.5 Å². The second-order valence-corrected chi connectivity index (χ2v) is 6.08. The summed E-state index contributed by atoms with van der Waals surface area (Å²) in [5.41, 5.74) is 0.401. The lowest BCUT2D eigenvalue weighted by Crippen LogP contribution is -2.39. The van der Waals surface area contributed by atoms with E-state index in [2.05, 4.69) is 6.92 Å². The van der Waals surface area contributed by atoms with Gasteiger partial charge in [-0.1, -0.05) is 6.92 Å². The van der Waals surface area contributed by atoms with Crippen molar-refractivity contribution in [1.82, 2.24) is 4.90 Å². The Morgan fingerprint density at radius 3 is 2.89 bits per heavy atom. The largest absolute Gasteiger partial charge is 0.338 e. The minimum atomic E-state index is -0.467. The van der Waals surface area contributed by atoms with Crippen LogP contribution in [0.25, 0.3) is 0 Å². The van der Waals surface area contributed by atoms with Gasteiger partial charge in [0.25, 0.3) is 11.6 Å². The molecule has 0 radical (unpaired) electrons. The van der Waals surface area contributed by atoms with Crippen molar-refractivity contribution < 1.29 is 9.72 Å². The zero-order valence-electron chi connectivity index (χ0n) is 10.6. The number of benzene rings is 1. The fraction of sp³-hybridized carbons (Fsp3) is 0.462. The van der Waals surface area contributed by atoms with Crippen molar-refractivity contribution in [2.45, 2.75) is 19.8 Å². The summed E-state index contributed by atoms with van der Waals surface area (Å²) in [6, 6.07) is 4.43. The number of amides is 1. The number of rotatable bonds is 2. The van der Waals surface area contributed by atoms with Crippen LogP contribution in [0.4, 0.5) is 5.69 Å². The lowest BCUT2D eigenvalue weighted by Gasteiger charge is -2.31. The predicted molar refractivity (Wildman–Crippen MR) is 80.1 cm³/mol. The van der Waals surface area contributed by atoms with E-state index in [9.17, 15) is 14.9 Å². The van der Waals surface area contributed by atoms with Crippen LogP contribution in [0.2, 0.25) is 0 Å². The fourth-order valence-corrected chi connectivity index (χ4v) is 2.90. The average Bonchev–Trinajstić information content (AvgIpc) is 2.38. The van der Waals surface area contributed by atoms with Gasteiger partial charge in [-0.15, -0.1) is 0 Å². The van der Waals surface area contributed by atoms with Crippen LogP contribution in [-0.2, 0) is 0 Å². The van der Waals surface area contributed by atoms with E-state index in [-0.39, 0.29) is 11.6 Å². The molecule has 1 saturated heterocycles. The third kappa shape index (κ3) is 3.23. The molecule has 1 aliphatic rings. The minimum absolute atomic E-state index is 0.0335. The molecule has 1 heterocycles. The van der Waals surface area contributed by atoms with Crippen molar-refractivity contribution in [2.24, 2.45) is 5.92 Å². The van der Waals surface area contributed by atoms with Gasteiger partial charge < -0.3 is 4.90 Å². The number of nitro groups is 1. The standard InChI is InChI=1S/C13H15IN2O3/c1-9-3-2-6-15(8-9)13(17)11-7-10(16(18)19)4-5-12(11)14/h4-5,7,9H,2-3,6,8H2,1H3. The second-order valence-electron chi connectivity index (χ2n) is 4.92. The van der Waals surface area contributed by atoms with Gasteiger partial charge in [-0.25, -0.2) is 0 Å². The lowest BCUT2D eigenvalue weighted by atomic mass is 9.99. The number of nitrogens with zero attached hydrogens (tertiary/aromatic N) is 2. The number of hydrogen-bond donors (Lipinski definition) is 0. The summed E-state index contributed by atoms with van der Waals surface area (Å²) in [5, 5.41) is 10.8. The van der Waals surface area contributed by atoms with E-state index >= 15 is 0 Å². The van der Waals surface area contributed by atoms with Crippen LogP contribution < -0.4 is 0 Å². The molecule has 1 aromatic carbocycles. The first kappa shape index (κ1) is 14.2.